The molecule has 3 aliphatic heterocycles. The fourth-order valence-electron chi connectivity index (χ4n) is 9.49. The first-order chi connectivity index (χ1) is 23.1. The highest BCUT2D eigenvalue weighted by atomic mass is 16.6. The Morgan fingerprint density at radius 3 is 2.47 bits per heavy atom. The molecule has 1 aromatic rings. The molecule has 2 saturated carbocycles. The molecule has 4 N–H and O–H groups in total. The van der Waals surface area contributed by atoms with Crippen LogP contribution in [0.25, 0.3) is 0 Å². The standard InChI is InChI=1S/C36H43NO12/c1-16(2)11-24(39)48-30-27-25-19-15-46-36(27,34(44)45-5)31(41)28(40)26(19)35(4)14-22(38)29(17(3)20(35)13-23(25)47-33(30)43)49-32(42)21(37)12-18-9-7-6-8-10-18/h6-11,19-21,23,25-28,30-31,40-41H,12-15,37H2,1-5H3/t19-,20-,21-,23+,25?,26?,27-,28+,30+,31-,35-,36-/m0/s1. The number of aliphatic hydroxyl groups excluding tert-OH is 2. The van der Waals surface area contributed by atoms with Crippen molar-refractivity contribution in [3.8, 4) is 0 Å². The highest BCUT2D eigenvalue weighted by molar-refractivity contribution is 5.98. The minimum atomic E-state index is -2.29. The van der Waals surface area contributed by atoms with Crippen molar-refractivity contribution < 1.29 is 57.9 Å². The fourth-order valence-corrected chi connectivity index (χ4v) is 9.49. The second kappa shape index (κ2) is 12.8. The van der Waals surface area contributed by atoms with Crippen LogP contribution in [0.15, 0.2) is 53.3 Å². The molecular formula is C36H43NO12. The molecule has 264 valence electrons. The Bertz CT molecular complexity index is 1620. The van der Waals surface area contributed by atoms with E-state index in [1.807, 2.05) is 37.3 Å². The summed E-state index contributed by atoms with van der Waals surface area (Å²) in [6.07, 6.45) is -4.87. The lowest BCUT2D eigenvalue weighted by Gasteiger charge is -2.53. The van der Waals surface area contributed by atoms with Crippen molar-refractivity contribution in [1.82, 2.24) is 0 Å². The SMILES string of the molecule is COC(=O)[C@@]12OC[C@H]3C4[C@@H](C[C@H]5C(C)=C(OC(=O)[C@@H](N)Cc6ccccc6)C(=O)C[C@]5(C)C3[C@@H](O)[C@@H]1O)OC(=O)[C@H](OC(=O)C=C(C)C)[C@H]42. The summed E-state index contributed by atoms with van der Waals surface area (Å²) in [6.45, 7) is 6.66. The molecule has 12 atom stereocenters. The number of hydrogen-bond donors (Lipinski definition) is 3. The number of benzene rings is 1. The predicted octanol–water partition coefficient (Wildman–Crippen LogP) is 1.32. The molecular weight excluding hydrogens is 638 g/mol. The lowest BCUT2D eigenvalue weighted by molar-refractivity contribution is -0.266. The first-order valence-corrected chi connectivity index (χ1v) is 16.5. The summed E-state index contributed by atoms with van der Waals surface area (Å²) in [5.74, 6) is -8.46. The smallest absolute Gasteiger partial charge is 0.348 e. The Kier molecular flexibility index (Phi) is 9.10. The number of allylic oxidation sites excluding steroid dienone is 3. The second-order valence-electron chi connectivity index (χ2n) is 14.5. The summed E-state index contributed by atoms with van der Waals surface area (Å²) in [5, 5.41) is 24.0. The van der Waals surface area contributed by atoms with Gasteiger partial charge in [0.05, 0.1) is 25.7 Å². The average molecular weight is 682 g/mol. The molecule has 3 aliphatic carbocycles. The molecule has 4 bridgehead atoms. The molecule has 3 heterocycles. The fraction of sp³-hybridized carbons (Fsp3) is 0.583. The molecule has 13 heteroatoms. The van der Waals surface area contributed by atoms with Crippen LogP contribution in [-0.2, 0) is 54.1 Å². The van der Waals surface area contributed by atoms with Crippen LogP contribution in [0, 0.1) is 35.0 Å². The van der Waals surface area contributed by atoms with E-state index in [0.717, 1.165) is 12.7 Å². The zero-order valence-corrected chi connectivity index (χ0v) is 28.1. The number of ether oxygens (including phenoxy) is 5. The molecule has 2 unspecified atom stereocenters. The van der Waals surface area contributed by atoms with Gasteiger partial charge in [-0.1, -0.05) is 42.8 Å². The van der Waals surface area contributed by atoms with Crippen molar-refractivity contribution >= 4 is 29.7 Å². The number of nitrogens with two attached hydrogens (primary N) is 1. The zero-order valence-electron chi connectivity index (χ0n) is 28.1. The summed E-state index contributed by atoms with van der Waals surface area (Å²) < 4.78 is 28.7. The van der Waals surface area contributed by atoms with Gasteiger partial charge in [0.25, 0.3) is 0 Å². The number of carbonyl (C=O) groups excluding carboxylic acids is 5. The van der Waals surface area contributed by atoms with E-state index in [1.54, 1.807) is 20.8 Å². The molecule has 0 radical (unpaired) electrons. The number of esters is 4. The minimum Gasteiger partial charge on any atom is -0.467 e. The molecule has 13 nitrogen and oxygen atoms in total. The largest absolute Gasteiger partial charge is 0.467 e. The first-order valence-electron chi connectivity index (χ1n) is 16.5. The number of fused-ring (bicyclic) bond motifs is 3. The quantitative estimate of drug-likeness (QED) is 0.212. The Morgan fingerprint density at radius 2 is 1.82 bits per heavy atom. The van der Waals surface area contributed by atoms with Crippen LogP contribution >= 0.6 is 0 Å². The third kappa shape index (κ3) is 5.51. The van der Waals surface area contributed by atoms with E-state index < -0.39 is 101 Å². The number of rotatable bonds is 7. The number of carbonyl (C=O) groups is 5. The van der Waals surface area contributed by atoms with Gasteiger partial charge in [-0.15, -0.1) is 0 Å². The van der Waals surface area contributed by atoms with E-state index in [0.29, 0.717) is 11.1 Å². The summed E-state index contributed by atoms with van der Waals surface area (Å²) in [5.41, 5.74) is 4.64. The van der Waals surface area contributed by atoms with Crippen molar-refractivity contribution in [3.63, 3.8) is 0 Å². The second-order valence-corrected chi connectivity index (χ2v) is 14.5. The Morgan fingerprint density at radius 1 is 1.12 bits per heavy atom. The van der Waals surface area contributed by atoms with Gasteiger partial charge in [0, 0.05) is 18.4 Å². The van der Waals surface area contributed by atoms with Gasteiger partial charge >= 0.3 is 23.9 Å². The van der Waals surface area contributed by atoms with Crippen molar-refractivity contribution in [3.05, 3.63) is 58.9 Å². The maximum atomic E-state index is 13.9. The van der Waals surface area contributed by atoms with Gasteiger partial charge in [-0.2, -0.15) is 0 Å². The maximum Gasteiger partial charge on any atom is 0.348 e. The summed E-state index contributed by atoms with van der Waals surface area (Å²) in [7, 11) is 1.09. The van der Waals surface area contributed by atoms with Gasteiger partial charge < -0.3 is 39.6 Å². The molecule has 0 amide bonds. The molecule has 49 heavy (non-hydrogen) atoms. The topological polar surface area (TPSA) is 198 Å². The van der Waals surface area contributed by atoms with Crippen LogP contribution in [0.4, 0.5) is 0 Å². The molecule has 5 fully saturated rings. The average Bonchev–Trinajstić information content (AvgIpc) is 3.27. The van der Waals surface area contributed by atoms with E-state index in [9.17, 15) is 34.2 Å². The Labute approximate surface area is 283 Å². The van der Waals surface area contributed by atoms with Crippen molar-refractivity contribution in [2.75, 3.05) is 13.7 Å². The van der Waals surface area contributed by atoms with Gasteiger partial charge in [0.15, 0.2) is 11.5 Å². The molecule has 0 aromatic heterocycles. The van der Waals surface area contributed by atoms with Crippen molar-refractivity contribution in [2.24, 2.45) is 40.7 Å². The van der Waals surface area contributed by atoms with Crippen LogP contribution in [0.3, 0.4) is 0 Å². The van der Waals surface area contributed by atoms with Crippen LogP contribution in [0.1, 0.15) is 46.1 Å². The highest BCUT2D eigenvalue weighted by Gasteiger charge is 2.76. The van der Waals surface area contributed by atoms with E-state index in [-0.39, 0.29) is 31.6 Å². The first kappa shape index (κ1) is 34.9. The van der Waals surface area contributed by atoms with E-state index in [4.69, 9.17) is 29.4 Å². The van der Waals surface area contributed by atoms with Crippen molar-refractivity contribution in [2.45, 2.75) is 83.0 Å². The third-order valence-electron chi connectivity index (χ3n) is 11.4. The highest BCUT2D eigenvalue weighted by Crippen LogP contribution is 2.65. The number of methoxy groups -OCH3 is 1. The maximum absolute atomic E-state index is 13.9. The number of ketones is 1. The van der Waals surface area contributed by atoms with Crippen LogP contribution in [-0.4, -0.2) is 89.6 Å². The number of hydrogen-bond acceptors (Lipinski definition) is 13. The lowest BCUT2D eigenvalue weighted by atomic mass is 9.56. The summed E-state index contributed by atoms with van der Waals surface area (Å²) >= 11 is 0. The Balaban J connectivity index is 1.43. The van der Waals surface area contributed by atoms with Gasteiger partial charge in [-0.25, -0.2) is 19.2 Å². The van der Waals surface area contributed by atoms with Crippen LogP contribution < -0.4 is 5.73 Å². The summed E-state index contributed by atoms with van der Waals surface area (Å²) in [6, 6.07) is 8.09. The monoisotopic (exact) mass is 681 g/mol. The molecule has 3 saturated heterocycles. The number of Topliss-reactive ketones (excluding diaryl/α,β-unsaturated/α-hetero) is 1. The van der Waals surface area contributed by atoms with Crippen LogP contribution in [0.2, 0.25) is 0 Å². The van der Waals surface area contributed by atoms with Crippen LogP contribution in [0.5, 0.6) is 0 Å². The molecule has 1 aromatic carbocycles. The van der Waals surface area contributed by atoms with Gasteiger partial charge in [0.2, 0.25) is 11.7 Å². The third-order valence-corrected chi connectivity index (χ3v) is 11.4. The normalized spacial score (nSPS) is 38.2. The molecule has 7 rings (SSSR count). The Hall–Kier alpha value is -3.91. The summed E-state index contributed by atoms with van der Waals surface area (Å²) in [4.78, 5) is 67.5. The van der Waals surface area contributed by atoms with Gasteiger partial charge in [-0.3, -0.25) is 4.79 Å². The molecule has 6 aliphatic rings. The van der Waals surface area contributed by atoms with E-state index in [2.05, 4.69) is 0 Å². The molecule has 0 spiro atoms. The minimum absolute atomic E-state index is 0.126. The number of aliphatic hydroxyl groups is 2. The lowest BCUT2D eigenvalue weighted by Crippen LogP contribution is -2.71. The van der Waals surface area contributed by atoms with Gasteiger partial charge in [-0.05, 0) is 67.9 Å². The zero-order chi connectivity index (χ0) is 35.6. The van der Waals surface area contributed by atoms with Gasteiger partial charge in [0.1, 0.15) is 18.2 Å². The van der Waals surface area contributed by atoms with E-state index >= 15 is 0 Å². The predicted molar refractivity (Wildman–Crippen MR) is 169 cm³/mol. The van der Waals surface area contributed by atoms with E-state index in [1.165, 1.54) is 6.08 Å². The van der Waals surface area contributed by atoms with Crippen molar-refractivity contribution in [1.29, 1.82) is 0 Å².